The number of benzene rings is 2. The first kappa shape index (κ1) is 15.8. The van der Waals surface area contributed by atoms with Crippen LogP contribution in [0.4, 0.5) is 4.39 Å². The second-order valence-electron chi connectivity index (χ2n) is 5.10. The molecule has 2 aromatic carbocycles. The third-order valence-electron chi connectivity index (χ3n) is 3.65. The van der Waals surface area contributed by atoms with E-state index in [-0.39, 0.29) is 5.69 Å². The summed E-state index contributed by atoms with van der Waals surface area (Å²) in [6, 6.07) is 11.5. The van der Waals surface area contributed by atoms with Crippen LogP contribution in [-0.4, -0.2) is 29.0 Å². The van der Waals surface area contributed by atoms with Crippen LogP contribution in [0.15, 0.2) is 47.3 Å². The van der Waals surface area contributed by atoms with Crippen LogP contribution in [0, 0.1) is 5.82 Å². The van der Waals surface area contributed by atoms with E-state index in [1.54, 1.807) is 38.5 Å². The number of aromatic amines is 1. The summed E-state index contributed by atoms with van der Waals surface area (Å²) in [5, 5.41) is 6.38. The summed E-state index contributed by atoms with van der Waals surface area (Å²) in [6.07, 6.45) is 0.327. The maximum absolute atomic E-state index is 14.0. The number of methoxy groups -OCH3 is 2. The molecule has 0 amide bonds. The van der Waals surface area contributed by atoms with Gasteiger partial charge >= 0.3 is 5.69 Å². The Hall–Kier alpha value is -3.09. The van der Waals surface area contributed by atoms with Gasteiger partial charge in [0.05, 0.1) is 19.9 Å². The molecule has 124 valence electrons. The van der Waals surface area contributed by atoms with Gasteiger partial charge in [0, 0.05) is 6.42 Å². The van der Waals surface area contributed by atoms with Crippen molar-refractivity contribution in [3.63, 3.8) is 0 Å². The molecule has 24 heavy (non-hydrogen) atoms. The van der Waals surface area contributed by atoms with Gasteiger partial charge in [-0.05, 0) is 29.8 Å². The molecule has 1 heterocycles. The monoisotopic (exact) mass is 329 g/mol. The van der Waals surface area contributed by atoms with Crippen LogP contribution < -0.4 is 15.2 Å². The highest BCUT2D eigenvalue weighted by atomic mass is 19.1. The predicted molar refractivity (Wildman–Crippen MR) is 86.5 cm³/mol. The van der Waals surface area contributed by atoms with E-state index in [0.717, 1.165) is 5.56 Å². The molecule has 0 aliphatic rings. The summed E-state index contributed by atoms with van der Waals surface area (Å²) in [7, 11) is 3.10. The number of hydrogen-bond acceptors (Lipinski definition) is 4. The minimum Gasteiger partial charge on any atom is -0.493 e. The second kappa shape index (κ2) is 6.57. The van der Waals surface area contributed by atoms with Crippen molar-refractivity contribution < 1.29 is 13.9 Å². The van der Waals surface area contributed by atoms with Crippen LogP contribution in [0.25, 0.3) is 5.69 Å². The highest BCUT2D eigenvalue weighted by Gasteiger charge is 2.15. The van der Waals surface area contributed by atoms with E-state index < -0.39 is 11.5 Å². The van der Waals surface area contributed by atoms with Gasteiger partial charge in [-0.3, -0.25) is 0 Å². The van der Waals surface area contributed by atoms with E-state index in [2.05, 4.69) is 10.2 Å². The highest BCUT2D eigenvalue weighted by molar-refractivity contribution is 5.44. The molecule has 0 aliphatic heterocycles. The van der Waals surface area contributed by atoms with Gasteiger partial charge in [-0.2, -0.15) is 5.10 Å². The average Bonchev–Trinajstić information content (AvgIpc) is 2.95. The van der Waals surface area contributed by atoms with Crippen molar-refractivity contribution in [2.75, 3.05) is 14.2 Å². The molecule has 0 bridgehead atoms. The molecule has 0 aliphatic carbocycles. The van der Waals surface area contributed by atoms with E-state index in [1.165, 1.54) is 16.7 Å². The van der Waals surface area contributed by atoms with Crippen molar-refractivity contribution in [2.45, 2.75) is 6.42 Å². The second-order valence-corrected chi connectivity index (χ2v) is 5.10. The zero-order valence-corrected chi connectivity index (χ0v) is 13.2. The van der Waals surface area contributed by atoms with Gasteiger partial charge in [-0.15, -0.1) is 0 Å². The fourth-order valence-corrected chi connectivity index (χ4v) is 2.50. The lowest BCUT2D eigenvalue weighted by Gasteiger charge is -2.10. The third-order valence-corrected chi connectivity index (χ3v) is 3.65. The van der Waals surface area contributed by atoms with Crippen LogP contribution in [0.3, 0.4) is 0 Å². The molecule has 0 fully saturated rings. The lowest BCUT2D eigenvalue weighted by atomic mass is 10.1. The Morgan fingerprint density at radius 2 is 1.88 bits per heavy atom. The standard InChI is InChI=1S/C17H16FN3O3/c1-23-14-8-7-11(9-15(14)24-2)10-16-19-20-17(22)21(16)13-6-4-3-5-12(13)18/h3-9H,10H2,1-2H3,(H,20,22). The highest BCUT2D eigenvalue weighted by Crippen LogP contribution is 2.28. The van der Waals surface area contributed by atoms with Crippen molar-refractivity contribution in [1.29, 1.82) is 0 Å². The van der Waals surface area contributed by atoms with Gasteiger partial charge in [-0.25, -0.2) is 18.9 Å². The van der Waals surface area contributed by atoms with E-state index >= 15 is 0 Å². The molecule has 0 saturated heterocycles. The smallest absolute Gasteiger partial charge is 0.348 e. The topological polar surface area (TPSA) is 69.1 Å². The molecule has 3 rings (SSSR count). The Morgan fingerprint density at radius 3 is 2.58 bits per heavy atom. The minimum absolute atomic E-state index is 0.159. The Bertz CT molecular complexity index is 917. The van der Waals surface area contributed by atoms with Crippen LogP contribution in [0.2, 0.25) is 0 Å². The van der Waals surface area contributed by atoms with Crippen LogP contribution in [0.5, 0.6) is 11.5 Å². The first-order valence-corrected chi connectivity index (χ1v) is 7.26. The molecule has 7 heteroatoms. The first-order valence-electron chi connectivity index (χ1n) is 7.26. The molecule has 0 unspecified atom stereocenters. The molecular weight excluding hydrogens is 313 g/mol. The van der Waals surface area contributed by atoms with Gasteiger partial charge in [0.25, 0.3) is 0 Å². The van der Waals surface area contributed by atoms with Gasteiger partial charge in [0.2, 0.25) is 0 Å². The van der Waals surface area contributed by atoms with E-state index in [1.807, 2.05) is 6.07 Å². The SMILES string of the molecule is COc1ccc(Cc2n[nH]c(=O)n2-c2ccccc2F)cc1OC. The third kappa shape index (κ3) is 2.88. The molecule has 0 saturated carbocycles. The molecule has 0 atom stereocenters. The van der Waals surface area contributed by atoms with Gasteiger partial charge in [0.15, 0.2) is 11.5 Å². The number of nitrogens with zero attached hydrogens (tertiary/aromatic N) is 2. The lowest BCUT2D eigenvalue weighted by Crippen LogP contribution is -2.18. The first-order chi connectivity index (χ1) is 11.6. The fourth-order valence-electron chi connectivity index (χ4n) is 2.50. The largest absolute Gasteiger partial charge is 0.493 e. The molecule has 3 aromatic rings. The summed E-state index contributed by atoms with van der Waals surface area (Å²) < 4.78 is 25.7. The molecule has 0 spiro atoms. The lowest BCUT2D eigenvalue weighted by molar-refractivity contribution is 0.354. The number of rotatable bonds is 5. The summed E-state index contributed by atoms with van der Waals surface area (Å²) >= 11 is 0. The van der Waals surface area contributed by atoms with Crippen molar-refractivity contribution in [1.82, 2.24) is 14.8 Å². The van der Waals surface area contributed by atoms with Crippen molar-refractivity contribution in [2.24, 2.45) is 0 Å². The predicted octanol–water partition coefficient (Wildman–Crippen LogP) is 2.31. The number of nitrogens with one attached hydrogen (secondary N) is 1. The van der Waals surface area contributed by atoms with Crippen LogP contribution >= 0.6 is 0 Å². The van der Waals surface area contributed by atoms with Gasteiger partial charge in [0.1, 0.15) is 11.6 Å². The zero-order chi connectivity index (χ0) is 17.1. The van der Waals surface area contributed by atoms with E-state index in [4.69, 9.17) is 9.47 Å². The maximum atomic E-state index is 14.0. The number of para-hydroxylation sites is 1. The van der Waals surface area contributed by atoms with Crippen LogP contribution in [-0.2, 0) is 6.42 Å². The maximum Gasteiger partial charge on any atom is 0.348 e. The van der Waals surface area contributed by atoms with Crippen molar-refractivity contribution >= 4 is 0 Å². The Kier molecular flexibility index (Phi) is 4.33. The molecule has 1 aromatic heterocycles. The molecule has 1 N–H and O–H groups in total. The number of aromatic nitrogens is 3. The Labute approximate surface area is 137 Å². The molecule has 0 radical (unpaired) electrons. The summed E-state index contributed by atoms with van der Waals surface area (Å²) in [4.78, 5) is 12.0. The van der Waals surface area contributed by atoms with Crippen molar-refractivity contribution in [3.8, 4) is 17.2 Å². The van der Waals surface area contributed by atoms with Crippen LogP contribution in [0.1, 0.15) is 11.4 Å². The van der Waals surface area contributed by atoms with Gasteiger partial charge < -0.3 is 9.47 Å². The Morgan fingerprint density at radius 1 is 1.12 bits per heavy atom. The Balaban J connectivity index is 2.01. The average molecular weight is 329 g/mol. The summed E-state index contributed by atoms with van der Waals surface area (Å²) in [5.74, 6) is 1.09. The molecular formula is C17H16FN3O3. The van der Waals surface area contributed by atoms with Crippen molar-refractivity contribution in [3.05, 3.63) is 70.2 Å². The summed E-state index contributed by atoms with van der Waals surface area (Å²) in [5.41, 5.74) is 0.520. The number of hydrogen-bond donors (Lipinski definition) is 1. The zero-order valence-electron chi connectivity index (χ0n) is 13.2. The minimum atomic E-state index is -0.491. The fraction of sp³-hybridized carbons (Fsp3) is 0.176. The normalized spacial score (nSPS) is 10.6. The van der Waals surface area contributed by atoms with E-state index in [9.17, 15) is 9.18 Å². The summed E-state index contributed by atoms with van der Waals surface area (Å²) in [6.45, 7) is 0. The number of halogens is 1. The quantitative estimate of drug-likeness (QED) is 0.780. The van der Waals surface area contributed by atoms with E-state index in [0.29, 0.717) is 23.7 Å². The van der Waals surface area contributed by atoms with Gasteiger partial charge in [-0.1, -0.05) is 18.2 Å². The number of H-pyrrole nitrogens is 1. The molecule has 6 nitrogen and oxygen atoms in total. The number of ether oxygens (including phenoxy) is 2.